The van der Waals surface area contributed by atoms with E-state index in [9.17, 15) is 0 Å². The Balaban J connectivity index is 1.58. The van der Waals surface area contributed by atoms with Crippen LogP contribution in [0.25, 0.3) is 0 Å². The molecule has 0 radical (unpaired) electrons. The molecule has 1 aliphatic rings. The first-order valence-corrected chi connectivity index (χ1v) is 9.17. The van der Waals surface area contributed by atoms with Crippen molar-refractivity contribution >= 4 is 17.2 Å². The molecule has 0 bridgehead atoms. The molecule has 1 aromatic heterocycles. The van der Waals surface area contributed by atoms with E-state index in [1.165, 1.54) is 0 Å². The van der Waals surface area contributed by atoms with Gasteiger partial charge in [-0.2, -0.15) is 5.26 Å². The fourth-order valence-corrected chi connectivity index (χ4v) is 3.49. The third kappa shape index (κ3) is 3.47. The zero-order valence-corrected chi connectivity index (χ0v) is 15.9. The summed E-state index contributed by atoms with van der Waals surface area (Å²) in [6.07, 6.45) is 2.45. The number of hydrogen-bond donors (Lipinski definition) is 1. The SMILES string of the molecule is COc1cccc(Nc2ncnc3c2CCN(c2ccc(C#N)c(C)c2)C3)c1. The molecule has 4 rings (SSSR count). The average molecular weight is 371 g/mol. The number of rotatable bonds is 4. The Morgan fingerprint density at radius 2 is 2.07 bits per heavy atom. The Morgan fingerprint density at radius 3 is 2.86 bits per heavy atom. The minimum absolute atomic E-state index is 0.716. The highest BCUT2D eigenvalue weighted by molar-refractivity contribution is 5.63. The number of nitrogens with one attached hydrogen (secondary N) is 1. The van der Waals surface area contributed by atoms with Crippen molar-refractivity contribution in [1.82, 2.24) is 9.97 Å². The van der Waals surface area contributed by atoms with Crippen LogP contribution in [0.3, 0.4) is 0 Å². The maximum absolute atomic E-state index is 9.14. The van der Waals surface area contributed by atoms with Crippen LogP contribution in [0.4, 0.5) is 17.2 Å². The van der Waals surface area contributed by atoms with Gasteiger partial charge in [0.15, 0.2) is 0 Å². The van der Waals surface area contributed by atoms with Crippen molar-refractivity contribution in [1.29, 1.82) is 5.26 Å². The van der Waals surface area contributed by atoms with Crippen molar-refractivity contribution < 1.29 is 4.74 Å². The predicted molar refractivity (Wildman–Crippen MR) is 109 cm³/mol. The van der Waals surface area contributed by atoms with Crippen LogP contribution in [0, 0.1) is 18.3 Å². The van der Waals surface area contributed by atoms with Gasteiger partial charge < -0.3 is 15.0 Å². The van der Waals surface area contributed by atoms with Crippen LogP contribution in [0.2, 0.25) is 0 Å². The smallest absolute Gasteiger partial charge is 0.137 e. The van der Waals surface area contributed by atoms with Gasteiger partial charge in [0.2, 0.25) is 0 Å². The molecule has 6 nitrogen and oxygen atoms in total. The van der Waals surface area contributed by atoms with Crippen molar-refractivity contribution in [3.63, 3.8) is 0 Å². The highest BCUT2D eigenvalue weighted by Crippen LogP contribution is 2.29. The summed E-state index contributed by atoms with van der Waals surface area (Å²) in [5.74, 6) is 1.64. The number of hydrogen-bond acceptors (Lipinski definition) is 6. The van der Waals surface area contributed by atoms with Crippen LogP contribution in [0.5, 0.6) is 5.75 Å². The van der Waals surface area contributed by atoms with Gasteiger partial charge in [-0.25, -0.2) is 9.97 Å². The molecular formula is C22H21N5O. The first-order valence-electron chi connectivity index (χ1n) is 9.17. The maximum Gasteiger partial charge on any atom is 0.137 e. The van der Waals surface area contributed by atoms with E-state index in [2.05, 4.69) is 32.3 Å². The van der Waals surface area contributed by atoms with Gasteiger partial charge >= 0.3 is 0 Å². The van der Waals surface area contributed by atoms with Crippen LogP contribution in [0.15, 0.2) is 48.8 Å². The molecule has 2 heterocycles. The molecule has 0 spiro atoms. The van der Waals surface area contributed by atoms with Gasteiger partial charge in [0.25, 0.3) is 0 Å². The molecule has 0 aliphatic carbocycles. The zero-order chi connectivity index (χ0) is 19.5. The summed E-state index contributed by atoms with van der Waals surface area (Å²) in [7, 11) is 1.66. The second-order valence-electron chi connectivity index (χ2n) is 6.79. The number of aryl methyl sites for hydroxylation is 1. The number of nitriles is 1. The van der Waals surface area contributed by atoms with Crippen molar-refractivity contribution in [3.05, 3.63) is 71.2 Å². The summed E-state index contributed by atoms with van der Waals surface area (Å²) in [4.78, 5) is 11.3. The minimum Gasteiger partial charge on any atom is -0.497 e. The van der Waals surface area contributed by atoms with Gasteiger partial charge in [0.1, 0.15) is 17.9 Å². The summed E-state index contributed by atoms with van der Waals surface area (Å²) < 4.78 is 5.29. The van der Waals surface area contributed by atoms with Crippen LogP contribution < -0.4 is 15.0 Å². The molecule has 0 saturated carbocycles. The average Bonchev–Trinajstić information content (AvgIpc) is 2.73. The third-order valence-electron chi connectivity index (χ3n) is 5.04. The highest BCUT2D eigenvalue weighted by Gasteiger charge is 2.21. The zero-order valence-electron chi connectivity index (χ0n) is 15.9. The Labute approximate surface area is 164 Å². The van der Waals surface area contributed by atoms with E-state index in [0.29, 0.717) is 5.56 Å². The molecule has 140 valence electrons. The normalized spacial score (nSPS) is 12.8. The molecule has 0 atom stereocenters. The first-order chi connectivity index (χ1) is 13.7. The van der Waals surface area contributed by atoms with E-state index in [1.807, 2.05) is 43.3 Å². The number of aromatic nitrogens is 2. The summed E-state index contributed by atoms with van der Waals surface area (Å²) in [5, 5.41) is 12.5. The summed E-state index contributed by atoms with van der Waals surface area (Å²) in [5.41, 5.74) is 5.93. The highest BCUT2D eigenvalue weighted by atomic mass is 16.5. The number of fused-ring (bicyclic) bond motifs is 1. The fraction of sp³-hybridized carbons (Fsp3) is 0.227. The van der Waals surface area contributed by atoms with E-state index in [1.54, 1.807) is 13.4 Å². The van der Waals surface area contributed by atoms with Crippen LogP contribution in [-0.2, 0) is 13.0 Å². The number of benzene rings is 2. The molecule has 0 saturated heterocycles. The van der Waals surface area contributed by atoms with Gasteiger partial charge in [-0.1, -0.05) is 6.07 Å². The minimum atomic E-state index is 0.716. The van der Waals surface area contributed by atoms with Crippen molar-refractivity contribution in [2.45, 2.75) is 19.9 Å². The lowest BCUT2D eigenvalue weighted by Gasteiger charge is -2.31. The van der Waals surface area contributed by atoms with Crippen molar-refractivity contribution in [3.8, 4) is 11.8 Å². The van der Waals surface area contributed by atoms with Crippen LogP contribution in [-0.4, -0.2) is 23.6 Å². The van der Waals surface area contributed by atoms with E-state index in [4.69, 9.17) is 10.00 Å². The number of ether oxygens (including phenoxy) is 1. The lowest BCUT2D eigenvalue weighted by Crippen LogP contribution is -2.31. The van der Waals surface area contributed by atoms with Crippen molar-refractivity contribution in [2.24, 2.45) is 0 Å². The molecule has 1 N–H and O–H groups in total. The van der Waals surface area contributed by atoms with E-state index in [0.717, 1.165) is 59.3 Å². The van der Waals surface area contributed by atoms with Crippen LogP contribution >= 0.6 is 0 Å². The molecule has 28 heavy (non-hydrogen) atoms. The molecule has 1 aliphatic heterocycles. The summed E-state index contributed by atoms with van der Waals surface area (Å²) in [6, 6.07) is 16.0. The molecule has 0 unspecified atom stereocenters. The first kappa shape index (κ1) is 17.8. The van der Waals surface area contributed by atoms with Gasteiger partial charge in [0, 0.05) is 29.5 Å². The number of nitrogens with zero attached hydrogens (tertiary/aromatic N) is 4. The molecule has 0 amide bonds. The Hall–Kier alpha value is -3.59. The standard InChI is InChI=1S/C22H21N5O/c1-15-10-18(7-6-16(15)12-23)27-9-8-20-21(13-27)24-14-25-22(20)26-17-4-3-5-19(11-17)28-2/h3-7,10-11,14H,8-9,13H2,1-2H3,(H,24,25,26). The molecule has 6 heteroatoms. The number of methoxy groups -OCH3 is 1. The van der Waals surface area contributed by atoms with E-state index in [-0.39, 0.29) is 0 Å². The van der Waals surface area contributed by atoms with E-state index < -0.39 is 0 Å². The Kier molecular flexibility index (Phi) is 4.81. The van der Waals surface area contributed by atoms with Crippen LogP contribution in [0.1, 0.15) is 22.4 Å². The Bertz CT molecular complexity index is 1060. The largest absolute Gasteiger partial charge is 0.497 e. The fourth-order valence-electron chi connectivity index (χ4n) is 3.49. The molecular weight excluding hydrogens is 350 g/mol. The quantitative estimate of drug-likeness (QED) is 0.748. The topological polar surface area (TPSA) is 74.1 Å². The van der Waals surface area contributed by atoms with Gasteiger partial charge in [0.05, 0.1) is 31.0 Å². The summed E-state index contributed by atoms with van der Waals surface area (Å²) in [6.45, 7) is 3.56. The third-order valence-corrected chi connectivity index (χ3v) is 5.04. The molecule has 3 aromatic rings. The Morgan fingerprint density at radius 1 is 1.18 bits per heavy atom. The van der Waals surface area contributed by atoms with Gasteiger partial charge in [-0.3, -0.25) is 0 Å². The lowest BCUT2D eigenvalue weighted by molar-refractivity contribution is 0.415. The monoisotopic (exact) mass is 371 g/mol. The van der Waals surface area contributed by atoms with Gasteiger partial charge in [-0.05, 0) is 49.2 Å². The number of anilines is 3. The molecule has 0 fully saturated rings. The second kappa shape index (κ2) is 7.57. The second-order valence-corrected chi connectivity index (χ2v) is 6.79. The predicted octanol–water partition coefficient (Wildman–Crippen LogP) is 3.97. The van der Waals surface area contributed by atoms with Crippen molar-refractivity contribution in [2.75, 3.05) is 23.9 Å². The van der Waals surface area contributed by atoms with E-state index >= 15 is 0 Å². The maximum atomic E-state index is 9.14. The van der Waals surface area contributed by atoms with Gasteiger partial charge in [-0.15, -0.1) is 0 Å². The molecule has 2 aromatic carbocycles. The lowest BCUT2D eigenvalue weighted by atomic mass is 10.0. The summed E-state index contributed by atoms with van der Waals surface area (Å²) >= 11 is 0.